The van der Waals surface area contributed by atoms with E-state index in [0.717, 1.165) is 49.4 Å². The molecule has 0 saturated carbocycles. The Kier molecular flexibility index (Phi) is 5.14. The summed E-state index contributed by atoms with van der Waals surface area (Å²) in [5, 5.41) is 11.6. The largest absolute Gasteiger partial charge is 0.373 e. The van der Waals surface area contributed by atoms with Gasteiger partial charge in [-0.3, -0.25) is 4.79 Å². The maximum absolute atomic E-state index is 12.6. The number of carbonyl (C=O) groups excluding carboxylic acids is 1. The summed E-state index contributed by atoms with van der Waals surface area (Å²) in [5.74, 6) is 0.850. The predicted octanol–water partition coefficient (Wildman–Crippen LogP) is 1.85. The second kappa shape index (κ2) is 7.30. The van der Waals surface area contributed by atoms with Gasteiger partial charge in [0, 0.05) is 25.7 Å². The first kappa shape index (κ1) is 16.9. The van der Waals surface area contributed by atoms with Crippen molar-refractivity contribution in [2.24, 2.45) is 5.92 Å². The summed E-state index contributed by atoms with van der Waals surface area (Å²) in [5.41, 5.74) is 1.83. The number of aryl methyl sites for hydroxylation is 1. The Bertz CT molecular complexity index is 602. The third-order valence-electron chi connectivity index (χ3n) is 4.79. The number of amides is 1. The summed E-state index contributed by atoms with van der Waals surface area (Å²) in [6, 6.07) is 4.10. The first-order valence-electron chi connectivity index (χ1n) is 8.67. The molecule has 0 aromatic carbocycles. The molecule has 6 nitrogen and oxygen atoms in total. The van der Waals surface area contributed by atoms with Gasteiger partial charge in [0.1, 0.15) is 0 Å². The van der Waals surface area contributed by atoms with Gasteiger partial charge < -0.3 is 15.0 Å². The van der Waals surface area contributed by atoms with Crippen molar-refractivity contribution in [3.8, 4) is 0 Å². The van der Waals surface area contributed by atoms with Gasteiger partial charge in [-0.1, -0.05) is 12.2 Å². The Balaban J connectivity index is 1.60. The van der Waals surface area contributed by atoms with Gasteiger partial charge in [0.25, 0.3) is 0 Å². The van der Waals surface area contributed by atoms with Crippen LogP contribution in [0.3, 0.4) is 0 Å². The summed E-state index contributed by atoms with van der Waals surface area (Å²) in [4.78, 5) is 14.8. The number of piperidine rings is 1. The molecule has 2 fully saturated rings. The number of ether oxygens (including phenoxy) is 1. The van der Waals surface area contributed by atoms with Crippen LogP contribution < -0.4 is 10.2 Å². The molecule has 2 aliphatic rings. The number of hydrogen-bond acceptors (Lipinski definition) is 5. The zero-order valence-electron chi connectivity index (χ0n) is 14.5. The second-order valence-electron chi connectivity index (χ2n) is 6.86. The summed E-state index contributed by atoms with van der Waals surface area (Å²) >= 11 is 0. The van der Waals surface area contributed by atoms with Crippen LogP contribution in [0.5, 0.6) is 0 Å². The molecular weight excluding hydrogens is 304 g/mol. The first-order chi connectivity index (χ1) is 11.5. The fourth-order valence-corrected chi connectivity index (χ4v) is 3.52. The highest BCUT2D eigenvalue weighted by molar-refractivity contribution is 5.80. The minimum atomic E-state index is -0.146. The highest BCUT2D eigenvalue weighted by Gasteiger charge is 2.35. The number of anilines is 1. The van der Waals surface area contributed by atoms with E-state index in [2.05, 4.69) is 27.0 Å². The molecule has 6 heteroatoms. The summed E-state index contributed by atoms with van der Waals surface area (Å²) < 4.78 is 5.65. The monoisotopic (exact) mass is 330 g/mol. The predicted molar refractivity (Wildman–Crippen MR) is 92.8 cm³/mol. The molecule has 2 saturated heterocycles. The van der Waals surface area contributed by atoms with E-state index in [-0.39, 0.29) is 24.0 Å². The smallest absolute Gasteiger partial charge is 0.226 e. The van der Waals surface area contributed by atoms with Crippen molar-refractivity contribution in [3.63, 3.8) is 0 Å². The highest BCUT2D eigenvalue weighted by atomic mass is 16.5. The quantitative estimate of drug-likeness (QED) is 0.854. The van der Waals surface area contributed by atoms with Gasteiger partial charge in [-0.05, 0) is 45.2 Å². The van der Waals surface area contributed by atoms with Crippen LogP contribution in [0, 0.1) is 12.8 Å². The molecule has 1 N–H and O–H groups in total. The lowest BCUT2D eigenvalue weighted by Gasteiger charge is -2.34. The topological polar surface area (TPSA) is 67.3 Å². The Morgan fingerprint density at radius 2 is 2.21 bits per heavy atom. The van der Waals surface area contributed by atoms with Crippen LogP contribution in [0.2, 0.25) is 0 Å². The maximum atomic E-state index is 12.6. The molecule has 1 aromatic rings. The number of nitrogens with one attached hydrogen (secondary N) is 1. The number of carbonyl (C=O) groups is 1. The molecule has 0 aliphatic carbocycles. The van der Waals surface area contributed by atoms with Gasteiger partial charge in [0.05, 0.1) is 17.7 Å². The van der Waals surface area contributed by atoms with E-state index in [4.69, 9.17) is 4.74 Å². The Morgan fingerprint density at radius 3 is 2.92 bits per heavy atom. The standard InChI is InChI=1S/C18H26N4O2/c1-12(2)17-15(8-10-24-17)18(23)19-14-5-4-9-22(11-14)16-7-6-13(3)20-21-16/h6-7,14-15,17H,1,4-5,8-11H2,2-3H3,(H,19,23)/t14?,15-,17-/m1/s1. The highest BCUT2D eigenvalue weighted by Crippen LogP contribution is 2.26. The molecule has 2 aliphatic heterocycles. The van der Waals surface area contributed by atoms with Gasteiger partial charge in [0.2, 0.25) is 5.91 Å². The van der Waals surface area contributed by atoms with Crippen molar-refractivity contribution < 1.29 is 9.53 Å². The minimum Gasteiger partial charge on any atom is -0.373 e. The maximum Gasteiger partial charge on any atom is 0.226 e. The Labute approximate surface area is 143 Å². The molecular formula is C18H26N4O2. The summed E-state index contributed by atoms with van der Waals surface area (Å²) in [6.45, 7) is 10.2. The first-order valence-corrected chi connectivity index (χ1v) is 8.67. The lowest BCUT2D eigenvalue weighted by molar-refractivity contribution is -0.126. The molecule has 0 bridgehead atoms. The Morgan fingerprint density at radius 1 is 1.38 bits per heavy atom. The number of aromatic nitrogens is 2. The van der Waals surface area contributed by atoms with Crippen LogP contribution in [-0.2, 0) is 9.53 Å². The molecule has 3 atom stereocenters. The minimum absolute atomic E-state index is 0.0855. The number of nitrogens with zero attached hydrogens (tertiary/aromatic N) is 3. The average Bonchev–Trinajstić information content (AvgIpc) is 3.06. The summed E-state index contributed by atoms with van der Waals surface area (Å²) in [6.07, 6.45) is 2.65. The zero-order chi connectivity index (χ0) is 17.1. The van der Waals surface area contributed by atoms with E-state index < -0.39 is 0 Å². The average molecular weight is 330 g/mol. The van der Waals surface area contributed by atoms with Crippen molar-refractivity contribution in [2.75, 3.05) is 24.6 Å². The van der Waals surface area contributed by atoms with Crippen molar-refractivity contribution >= 4 is 11.7 Å². The second-order valence-corrected chi connectivity index (χ2v) is 6.86. The lowest BCUT2D eigenvalue weighted by Crippen LogP contribution is -2.50. The van der Waals surface area contributed by atoms with E-state index >= 15 is 0 Å². The van der Waals surface area contributed by atoms with Gasteiger partial charge in [-0.2, -0.15) is 5.10 Å². The SMILES string of the molecule is C=C(C)[C@H]1OCC[C@H]1C(=O)NC1CCCN(c2ccc(C)nn2)C1. The van der Waals surface area contributed by atoms with Crippen molar-refractivity contribution in [1.29, 1.82) is 0 Å². The molecule has 24 heavy (non-hydrogen) atoms. The van der Waals surface area contributed by atoms with Crippen LogP contribution in [0.15, 0.2) is 24.3 Å². The molecule has 3 heterocycles. The van der Waals surface area contributed by atoms with E-state index in [1.165, 1.54) is 0 Å². The molecule has 0 radical (unpaired) electrons. The van der Waals surface area contributed by atoms with Gasteiger partial charge >= 0.3 is 0 Å². The van der Waals surface area contributed by atoms with Crippen LogP contribution >= 0.6 is 0 Å². The van der Waals surface area contributed by atoms with Gasteiger partial charge in [-0.25, -0.2) is 0 Å². The van der Waals surface area contributed by atoms with Gasteiger partial charge in [-0.15, -0.1) is 5.10 Å². The molecule has 3 rings (SSSR count). The van der Waals surface area contributed by atoms with Crippen LogP contribution in [0.4, 0.5) is 5.82 Å². The van der Waals surface area contributed by atoms with Crippen LogP contribution in [0.1, 0.15) is 31.9 Å². The van der Waals surface area contributed by atoms with E-state index in [1.54, 1.807) is 0 Å². The van der Waals surface area contributed by atoms with Crippen LogP contribution in [0.25, 0.3) is 0 Å². The third kappa shape index (κ3) is 3.75. The molecule has 1 unspecified atom stereocenters. The zero-order valence-corrected chi connectivity index (χ0v) is 14.5. The van der Waals surface area contributed by atoms with E-state index in [1.807, 2.05) is 26.0 Å². The van der Waals surface area contributed by atoms with Crippen LogP contribution in [-0.4, -0.2) is 47.9 Å². The summed E-state index contributed by atoms with van der Waals surface area (Å²) in [7, 11) is 0. The molecule has 0 spiro atoms. The van der Waals surface area contributed by atoms with Crippen molar-refractivity contribution in [1.82, 2.24) is 15.5 Å². The Hall–Kier alpha value is -1.95. The molecule has 1 aromatic heterocycles. The number of hydrogen-bond donors (Lipinski definition) is 1. The third-order valence-corrected chi connectivity index (χ3v) is 4.79. The molecule has 1 amide bonds. The van der Waals surface area contributed by atoms with Gasteiger partial charge in [0.15, 0.2) is 5.82 Å². The lowest BCUT2D eigenvalue weighted by atomic mass is 9.95. The number of rotatable bonds is 4. The van der Waals surface area contributed by atoms with E-state index in [9.17, 15) is 4.79 Å². The fraction of sp³-hybridized carbons (Fsp3) is 0.611. The fourth-order valence-electron chi connectivity index (χ4n) is 3.52. The van der Waals surface area contributed by atoms with E-state index in [0.29, 0.717) is 6.61 Å². The van der Waals surface area contributed by atoms with Crippen molar-refractivity contribution in [3.05, 3.63) is 30.0 Å². The normalized spacial score (nSPS) is 27.1. The van der Waals surface area contributed by atoms with Crippen molar-refractivity contribution in [2.45, 2.75) is 45.3 Å². The molecule has 130 valence electrons.